The zero-order chi connectivity index (χ0) is 15.2. The number of nitrogens with two attached hydrogens (primary N) is 1. The van der Waals surface area contributed by atoms with E-state index in [1.54, 1.807) is 0 Å². The van der Waals surface area contributed by atoms with Gasteiger partial charge in [-0.3, -0.25) is 4.79 Å². The first kappa shape index (κ1) is 13.5. The number of nitrogen functional groups attached to an aromatic ring is 1. The number of hydrogen-bond donors (Lipinski definition) is 2. The van der Waals surface area contributed by atoms with Gasteiger partial charge in [0.15, 0.2) is 0 Å². The molecule has 0 radical (unpaired) electrons. The van der Waals surface area contributed by atoms with Gasteiger partial charge < -0.3 is 11.1 Å². The molecule has 0 unspecified atom stereocenters. The minimum Gasteiger partial charge on any atom is -0.383 e. The van der Waals surface area contributed by atoms with E-state index in [2.05, 4.69) is 29.1 Å². The molecule has 21 heavy (non-hydrogen) atoms. The first-order valence-electron chi connectivity index (χ1n) is 6.91. The van der Waals surface area contributed by atoms with Crippen LogP contribution in [0.2, 0.25) is 0 Å². The molecule has 108 valence electrons. The standard InChI is InChI=1S/C16H18N4O/c1-9(21)20-12-6-4-5-10-11(12)7-16(2,3)13-14(10)18-8-19-15(13)17/h4-6,8H,7H2,1-3H3,(H,20,21)(H2,17,18,19). The lowest BCUT2D eigenvalue weighted by molar-refractivity contribution is -0.114. The van der Waals surface area contributed by atoms with E-state index in [0.29, 0.717) is 5.82 Å². The van der Waals surface area contributed by atoms with Gasteiger partial charge in [0.1, 0.15) is 12.1 Å². The van der Waals surface area contributed by atoms with Crippen LogP contribution >= 0.6 is 0 Å². The Morgan fingerprint density at radius 3 is 2.81 bits per heavy atom. The topological polar surface area (TPSA) is 80.9 Å². The Balaban J connectivity index is 2.28. The van der Waals surface area contributed by atoms with Crippen LogP contribution in [0.4, 0.5) is 11.5 Å². The molecule has 0 saturated heterocycles. The fourth-order valence-electron chi connectivity index (χ4n) is 3.11. The maximum Gasteiger partial charge on any atom is 0.221 e. The molecule has 1 aromatic carbocycles. The Morgan fingerprint density at radius 2 is 2.10 bits per heavy atom. The van der Waals surface area contributed by atoms with E-state index >= 15 is 0 Å². The number of hydrogen-bond acceptors (Lipinski definition) is 4. The van der Waals surface area contributed by atoms with Crippen LogP contribution in [-0.4, -0.2) is 15.9 Å². The molecule has 1 aromatic heterocycles. The minimum atomic E-state index is -0.178. The Bertz CT molecular complexity index is 737. The van der Waals surface area contributed by atoms with Crippen molar-refractivity contribution in [1.29, 1.82) is 0 Å². The lowest BCUT2D eigenvalue weighted by Crippen LogP contribution is -2.29. The first-order valence-corrected chi connectivity index (χ1v) is 6.91. The van der Waals surface area contributed by atoms with Crippen LogP contribution in [0.1, 0.15) is 31.9 Å². The van der Waals surface area contributed by atoms with Crippen LogP contribution in [0.5, 0.6) is 0 Å². The van der Waals surface area contributed by atoms with Crippen LogP contribution in [0, 0.1) is 0 Å². The van der Waals surface area contributed by atoms with Gasteiger partial charge in [0, 0.05) is 23.7 Å². The number of fused-ring (bicyclic) bond motifs is 3. The van der Waals surface area contributed by atoms with E-state index in [1.165, 1.54) is 13.3 Å². The third kappa shape index (κ3) is 2.14. The molecule has 0 saturated carbocycles. The van der Waals surface area contributed by atoms with Crippen LogP contribution in [-0.2, 0) is 16.6 Å². The summed E-state index contributed by atoms with van der Waals surface area (Å²) in [5.74, 6) is 0.454. The number of nitrogens with one attached hydrogen (secondary N) is 1. The third-order valence-corrected chi connectivity index (χ3v) is 3.91. The van der Waals surface area contributed by atoms with E-state index in [-0.39, 0.29) is 11.3 Å². The molecule has 5 heteroatoms. The monoisotopic (exact) mass is 282 g/mol. The second-order valence-electron chi connectivity index (χ2n) is 6.06. The normalized spacial score (nSPS) is 15.0. The summed E-state index contributed by atoms with van der Waals surface area (Å²) in [4.78, 5) is 20.0. The summed E-state index contributed by atoms with van der Waals surface area (Å²) >= 11 is 0. The van der Waals surface area contributed by atoms with Crippen LogP contribution < -0.4 is 11.1 Å². The lowest BCUT2D eigenvalue weighted by atomic mass is 9.71. The quantitative estimate of drug-likeness (QED) is 0.842. The van der Waals surface area contributed by atoms with Gasteiger partial charge in [-0.2, -0.15) is 0 Å². The summed E-state index contributed by atoms with van der Waals surface area (Å²) in [6, 6.07) is 5.86. The van der Waals surface area contributed by atoms with Gasteiger partial charge in [0.05, 0.1) is 5.69 Å². The van der Waals surface area contributed by atoms with Crippen molar-refractivity contribution in [3.05, 3.63) is 35.7 Å². The minimum absolute atomic E-state index is 0.0748. The molecule has 0 aliphatic heterocycles. The van der Waals surface area contributed by atoms with Crippen molar-refractivity contribution < 1.29 is 4.79 Å². The molecule has 2 aromatic rings. The molecule has 3 rings (SSSR count). The van der Waals surface area contributed by atoms with Crippen molar-refractivity contribution in [2.24, 2.45) is 0 Å². The van der Waals surface area contributed by atoms with E-state index in [0.717, 1.165) is 34.5 Å². The molecular formula is C16H18N4O. The fourth-order valence-corrected chi connectivity index (χ4v) is 3.11. The van der Waals surface area contributed by atoms with E-state index in [4.69, 9.17) is 5.73 Å². The summed E-state index contributed by atoms with van der Waals surface area (Å²) in [5, 5.41) is 2.90. The zero-order valence-corrected chi connectivity index (χ0v) is 12.4. The number of benzene rings is 1. The zero-order valence-electron chi connectivity index (χ0n) is 12.4. The summed E-state index contributed by atoms with van der Waals surface area (Å²) < 4.78 is 0. The number of carbonyl (C=O) groups is 1. The first-order chi connectivity index (χ1) is 9.90. The highest BCUT2D eigenvalue weighted by atomic mass is 16.1. The van der Waals surface area contributed by atoms with Crippen LogP contribution in [0.15, 0.2) is 24.5 Å². The Labute approximate surface area is 123 Å². The number of anilines is 2. The Morgan fingerprint density at radius 1 is 1.33 bits per heavy atom. The highest BCUT2D eigenvalue weighted by Crippen LogP contribution is 2.45. The van der Waals surface area contributed by atoms with E-state index in [1.807, 2.05) is 18.2 Å². The second kappa shape index (κ2) is 4.55. The molecule has 1 amide bonds. The number of nitrogens with zero attached hydrogens (tertiary/aromatic N) is 2. The smallest absolute Gasteiger partial charge is 0.221 e. The van der Waals surface area contributed by atoms with Crippen molar-refractivity contribution >= 4 is 17.4 Å². The van der Waals surface area contributed by atoms with Crippen molar-refractivity contribution in [3.8, 4) is 11.3 Å². The van der Waals surface area contributed by atoms with Gasteiger partial charge in [-0.15, -0.1) is 0 Å². The van der Waals surface area contributed by atoms with Crippen LogP contribution in [0.25, 0.3) is 11.3 Å². The summed E-state index contributed by atoms with van der Waals surface area (Å²) in [7, 11) is 0. The molecule has 0 fully saturated rings. The maximum absolute atomic E-state index is 11.4. The largest absolute Gasteiger partial charge is 0.383 e. The van der Waals surface area contributed by atoms with Gasteiger partial charge in [0.25, 0.3) is 0 Å². The third-order valence-electron chi connectivity index (χ3n) is 3.91. The predicted octanol–water partition coefficient (Wildman–Crippen LogP) is 2.52. The number of amides is 1. The average Bonchev–Trinajstić information content (AvgIpc) is 2.38. The SMILES string of the molecule is CC(=O)Nc1cccc2c1CC(C)(C)c1c(N)ncnc1-2. The molecule has 1 aliphatic carbocycles. The van der Waals surface area contributed by atoms with Gasteiger partial charge in [-0.25, -0.2) is 9.97 Å². The van der Waals surface area contributed by atoms with E-state index < -0.39 is 0 Å². The van der Waals surface area contributed by atoms with E-state index in [9.17, 15) is 4.79 Å². The summed E-state index contributed by atoms with van der Waals surface area (Å²) in [6.45, 7) is 5.76. The summed E-state index contributed by atoms with van der Waals surface area (Å²) in [5.41, 5.74) is 10.7. The molecule has 0 bridgehead atoms. The molecule has 5 nitrogen and oxygen atoms in total. The van der Waals surface area contributed by atoms with Crippen molar-refractivity contribution in [2.75, 3.05) is 11.1 Å². The summed E-state index contributed by atoms with van der Waals surface area (Å²) in [6.07, 6.45) is 2.27. The maximum atomic E-state index is 11.4. The van der Waals surface area contributed by atoms with Crippen molar-refractivity contribution in [1.82, 2.24) is 9.97 Å². The predicted molar refractivity (Wildman–Crippen MR) is 82.9 cm³/mol. The highest BCUT2D eigenvalue weighted by molar-refractivity contribution is 5.92. The number of carbonyl (C=O) groups excluding carboxylic acids is 1. The number of rotatable bonds is 1. The second-order valence-corrected chi connectivity index (χ2v) is 6.06. The lowest BCUT2D eigenvalue weighted by Gasteiger charge is -2.34. The molecule has 1 aliphatic rings. The molecule has 0 spiro atoms. The van der Waals surface area contributed by atoms with Crippen molar-refractivity contribution in [3.63, 3.8) is 0 Å². The Kier molecular flexibility index (Phi) is 2.93. The highest BCUT2D eigenvalue weighted by Gasteiger charge is 2.35. The molecule has 0 atom stereocenters. The van der Waals surface area contributed by atoms with Crippen LogP contribution in [0.3, 0.4) is 0 Å². The number of aromatic nitrogens is 2. The average molecular weight is 282 g/mol. The molecule has 3 N–H and O–H groups in total. The molecule has 1 heterocycles. The van der Waals surface area contributed by atoms with Crippen molar-refractivity contribution in [2.45, 2.75) is 32.6 Å². The Hall–Kier alpha value is -2.43. The van der Waals surface area contributed by atoms with Gasteiger partial charge in [-0.1, -0.05) is 26.0 Å². The van der Waals surface area contributed by atoms with Gasteiger partial charge >= 0.3 is 0 Å². The molecular weight excluding hydrogens is 264 g/mol. The fraction of sp³-hybridized carbons (Fsp3) is 0.312. The van der Waals surface area contributed by atoms with Gasteiger partial charge in [0.2, 0.25) is 5.91 Å². The van der Waals surface area contributed by atoms with Gasteiger partial charge in [-0.05, 0) is 23.5 Å².